The second kappa shape index (κ2) is 10.2. The van der Waals surface area contributed by atoms with Crippen LogP contribution >= 0.6 is 11.3 Å². The van der Waals surface area contributed by atoms with Gasteiger partial charge in [0, 0.05) is 30.5 Å². The molecular weight excluding hydrogens is 358 g/mol. The van der Waals surface area contributed by atoms with Crippen molar-refractivity contribution in [2.24, 2.45) is 0 Å². The first kappa shape index (κ1) is 19.6. The Labute approximate surface area is 164 Å². The maximum Gasteiger partial charge on any atom is 0.252 e. The number of hydrogen-bond acceptors (Lipinski definition) is 4. The van der Waals surface area contributed by atoms with Crippen molar-refractivity contribution in [3.63, 3.8) is 0 Å². The second-order valence-electron chi connectivity index (χ2n) is 6.91. The Balaban J connectivity index is 1.45. The summed E-state index contributed by atoms with van der Waals surface area (Å²) in [6.45, 7) is 3.57. The monoisotopic (exact) mass is 385 g/mol. The molecule has 1 aliphatic rings. The molecule has 2 N–H and O–H groups in total. The number of benzene rings is 1. The lowest BCUT2D eigenvalue weighted by molar-refractivity contribution is -0.122. The van der Waals surface area contributed by atoms with Crippen LogP contribution in [0, 0.1) is 0 Å². The number of carbonyl (C=O) groups is 2. The summed E-state index contributed by atoms with van der Waals surface area (Å²) in [7, 11) is 0. The van der Waals surface area contributed by atoms with Gasteiger partial charge < -0.3 is 15.5 Å². The number of thiophene rings is 1. The van der Waals surface area contributed by atoms with Gasteiger partial charge in [-0.25, -0.2) is 0 Å². The van der Waals surface area contributed by atoms with Crippen molar-refractivity contribution in [3.05, 3.63) is 58.3 Å². The number of amides is 2. The maximum atomic E-state index is 12.4. The fourth-order valence-corrected chi connectivity index (χ4v) is 3.99. The normalized spacial score (nSPS) is 15.4. The van der Waals surface area contributed by atoms with Gasteiger partial charge >= 0.3 is 0 Å². The summed E-state index contributed by atoms with van der Waals surface area (Å²) in [6.07, 6.45) is 3.51. The lowest BCUT2D eigenvalue weighted by Crippen LogP contribution is -2.37. The number of nitrogens with zero attached hydrogens (tertiary/aromatic N) is 1. The molecule has 0 bridgehead atoms. The first-order valence-electron chi connectivity index (χ1n) is 9.59. The summed E-state index contributed by atoms with van der Waals surface area (Å²) in [5.74, 6) is -0.0410. The molecule has 0 saturated carbocycles. The van der Waals surface area contributed by atoms with Gasteiger partial charge in [0.15, 0.2) is 0 Å². The molecule has 144 valence electrons. The van der Waals surface area contributed by atoms with E-state index in [2.05, 4.69) is 27.7 Å². The minimum Gasteiger partial charge on any atom is -0.352 e. The minimum atomic E-state index is -0.0761. The lowest BCUT2D eigenvalue weighted by Gasteiger charge is -2.25. The zero-order chi connectivity index (χ0) is 18.9. The summed E-state index contributed by atoms with van der Waals surface area (Å²) < 4.78 is 0. The molecule has 1 fully saturated rings. The number of carbonyl (C=O) groups excluding carboxylic acids is 2. The second-order valence-corrected chi connectivity index (χ2v) is 7.69. The molecule has 0 radical (unpaired) electrons. The van der Waals surface area contributed by atoms with E-state index < -0.39 is 0 Å². The van der Waals surface area contributed by atoms with Gasteiger partial charge in [-0.3, -0.25) is 9.59 Å². The van der Waals surface area contributed by atoms with Crippen molar-refractivity contribution >= 4 is 23.2 Å². The number of rotatable bonds is 9. The maximum absolute atomic E-state index is 12.4. The Morgan fingerprint density at radius 3 is 2.59 bits per heavy atom. The summed E-state index contributed by atoms with van der Waals surface area (Å²) in [6, 6.07) is 12.0. The van der Waals surface area contributed by atoms with Crippen molar-refractivity contribution in [1.82, 2.24) is 15.5 Å². The van der Waals surface area contributed by atoms with Crippen LogP contribution in [0.15, 0.2) is 47.2 Å². The third-order valence-corrected chi connectivity index (χ3v) is 5.51. The molecule has 27 heavy (non-hydrogen) atoms. The van der Waals surface area contributed by atoms with E-state index in [-0.39, 0.29) is 17.9 Å². The molecule has 2 amide bonds. The third-order valence-electron chi connectivity index (χ3n) is 4.83. The van der Waals surface area contributed by atoms with Crippen LogP contribution in [0.5, 0.6) is 0 Å². The molecule has 1 aromatic carbocycles. The zero-order valence-corrected chi connectivity index (χ0v) is 16.3. The Morgan fingerprint density at radius 2 is 1.89 bits per heavy atom. The van der Waals surface area contributed by atoms with E-state index in [1.807, 2.05) is 29.0 Å². The first-order valence-corrected chi connectivity index (χ1v) is 10.5. The first-order chi connectivity index (χ1) is 13.2. The predicted octanol–water partition coefficient (Wildman–Crippen LogP) is 3.21. The fourth-order valence-electron chi connectivity index (χ4n) is 3.36. The highest BCUT2D eigenvalue weighted by Gasteiger charge is 2.20. The molecule has 0 aliphatic carbocycles. The summed E-state index contributed by atoms with van der Waals surface area (Å²) in [4.78, 5) is 26.7. The van der Waals surface area contributed by atoms with Crippen LogP contribution in [0.3, 0.4) is 0 Å². The van der Waals surface area contributed by atoms with E-state index in [0.29, 0.717) is 24.9 Å². The van der Waals surface area contributed by atoms with Gasteiger partial charge in [-0.1, -0.05) is 30.3 Å². The molecule has 0 spiro atoms. The highest BCUT2D eigenvalue weighted by molar-refractivity contribution is 7.08. The average molecular weight is 386 g/mol. The van der Waals surface area contributed by atoms with Crippen LogP contribution < -0.4 is 10.6 Å². The molecule has 3 rings (SSSR count). The third kappa shape index (κ3) is 6.19. The van der Waals surface area contributed by atoms with Crippen molar-refractivity contribution < 1.29 is 9.59 Å². The van der Waals surface area contributed by atoms with Gasteiger partial charge in [0.25, 0.3) is 5.91 Å². The quantitative estimate of drug-likeness (QED) is 0.652. The van der Waals surface area contributed by atoms with Crippen molar-refractivity contribution in [3.8, 4) is 0 Å². The molecule has 1 aliphatic heterocycles. The van der Waals surface area contributed by atoms with Crippen LogP contribution in [-0.4, -0.2) is 42.9 Å². The van der Waals surface area contributed by atoms with E-state index in [1.165, 1.54) is 24.2 Å². The largest absolute Gasteiger partial charge is 0.352 e. The van der Waals surface area contributed by atoms with Crippen LogP contribution in [0.2, 0.25) is 0 Å². The molecule has 1 unspecified atom stereocenters. The molecule has 5 nitrogen and oxygen atoms in total. The Bertz CT molecular complexity index is 712. The van der Waals surface area contributed by atoms with Gasteiger partial charge in [0.2, 0.25) is 5.91 Å². The molecule has 1 atom stereocenters. The zero-order valence-electron chi connectivity index (χ0n) is 15.5. The molecule has 2 heterocycles. The topological polar surface area (TPSA) is 61.4 Å². The van der Waals surface area contributed by atoms with Crippen LogP contribution in [-0.2, 0) is 4.79 Å². The van der Waals surface area contributed by atoms with Crippen molar-refractivity contribution in [2.75, 3.05) is 26.2 Å². The molecule has 1 saturated heterocycles. The number of nitrogens with one attached hydrogen (secondary N) is 2. The van der Waals surface area contributed by atoms with Gasteiger partial charge in [0.1, 0.15) is 0 Å². The van der Waals surface area contributed by atoms with Gasteiger partial charge in [-0.15, -0.1) is 0 Å². The van der Waals surface area contributed by atoms with Crippen LogP contribution in [0.25, 0.3) is 0 Å². The van der Waals surface area contributed by atoms with Gasteiger partial charge in [-0.2, -0.15) is 11.3 Å². The Hall–Kier alpha value is -2.18. The predicted molar refractivity (Wildman–Crippen MR) is 109 cm³/mol. The number of hydrogen-bond donors (Lipinski definition) is 2. The summed E-state index contributed by atoms with van der Waals surface area (Å²) in [5, 5.41) is 9.75. The smallest absolute Gasteiger partial charge is 0.252 e. The standard InChI is InChI=1S/C21H27N3O2S/c25-20(9-6-11-22-21(26)18-10-14-27-16-18)23-19(15-24-12-4-5-13-24)17-7-2-1-3-8-17/h1-3,7-8,10,14,16,19H,4-6,9,11-13,15H2,(H,22,26)(H,23,25). The lowest BCUT2D eigenvalue weighted by atomic mass is 10.1. The SMILES string of the molecule is O=C(CCCNC(=O)c1ccsc1)NC(CN1CCCC1)c1ccccc1. The summed E-state index contributed by atoms with van der Waals surface area (Å²) >= 11 is 1.50. The van der Waals surface area contributed by atoms with E-state index in [9.17, 15) is 9.59 Å². The van der Waals surface area contributed by atoms with Crippen molar-refractivity contribution in [2.45, 2.75) is 31.7 Å². The Kier molecular flexibility index (Phi) is 7.42. The number of likely N-dealkylation sites (tertiary alicyclic amines) is 1. The summed E-state index contributed by atoms with van der Waals surface area (Å²) in [5.41, 5.74) is 1.82. The van der Waals surface area contributed by atoms with Crippen LogP contribution in [0.4, 0.5) is 0 Å². The Morgan fingerprint density at radius 1 is 1.11 bits per heavy atom. The minimum absolute atomic E-state index is 0.0113. The van der Waals surface area contributed by atoms with E-state index in [1.54, 1.807) is 6.07 Å². The highest BCUT2D eigenvalue weighted by Crippen LogP contribution is 2.18. The van der Waals surface area contributed by atoms with E-state index in [4.69, 9.17) is 0 Å². The van der Waals surface area contributed by atoms with E-state index >= 15 is 0 Å². The van der Waals surface area contributed by atoms with Gasteiger partial charge in [-0.05, 0) is 49.4 Å². The fraction of sp³-hybridized carbons (Fsp3) is 0.429. The van der Waals surface area contributed by atoms with Gasteiger partial charge in [0.05, 0.1) is 6.04 Å². The average Bonchev–Trinajstić information content (AvgIpc) is 3.39. The molecular formula is C21H27N3O2S. The molecule has 2 aromatic rings. The highest BCUT2D eigenvalue weighted by atomic mass is 32.1. The van der Waals surface area contributed by atoms with E-state index in [0.717, 1.165) is 25.2 Å². The molecule has 1 aromatic heterocycles. The van der Waals surface area contributed by atoms with Crippen LogP contribution in [0.1, 0.15) is 47.6 Å². The van der Waals surface area contributed by atoms with Crippen molar-refractivity contribution in [1.29, 1.82) is 0 Å². The molecule has 6 heteroatoms.